The van der Waals surface area contributed by atoms with Crippen LogP contribution in [-0.2, 0) is 4.79 Å². The zero-order chi connectivity index (χ0) is 15.0. The normalized spacial score (nSPS) is 11.2. The van der Waals surface area contributed by atoms with Crippen LogP contribution in [0.15, 0.2) is 23.2 Å². The van der Waals surface area contributed by atoms with Crippen LogP contribution in [0.4, 0.5) is 5.82 Å². The van der Waals surface area contributed by atoms with Crippen molar-refractivity contribution < 1.29 is 4.79 Å². The van der Waals surface area contributed by atoms with Crippen molar-refractivity contribution in [3.8, 4) is 0 Å². The summed E-state index contributed by atoms with van der Waals surface area (Å²) in [4.78, 5) is 22.1. The molecule has 0 spiro atoms. The second kappa shape index (κ2) is 8.14. The van der Waals surface area contributed by atoms with E-state index in [-0.39, 0.29) is 12.3 Å². The molecule has 6 nitrogen and oxygen atoms in total. The van der Waals surface area contributed by atoms with Gasteiger partial charge in [0.05, 0.1) is 6.54 Å². The highest BCUT2D eigenvalue weighted by Gasteiger charge is 2.05. The average molecular weight is 277 g/mol. The average Bonchev–Trinajstić information content (AvgIpc) is 2.40. The fraction of sp³-hybridized carbons (Fsp3) is 0.500. The highest BCUT2D eigenvalue weighted by atomic mass is 16.1. The molecule has 1 rings (SSSR count). The van der Waals surface area contributed by atoms with Gasteiger partial charge in [-0.05, 0) is 32.9 Å². The molecule has 0 aliphatic carbocycles. The van der Waals surface area contributed by atoms with E-state index < -0.39 is 0 Å². The molecule has 0 saturated heterocycles. The Hall–Kier alpha value is -2.11. The maximum atomic E-state index is 11.7. The Labute approximate surface area is 120 Å². The predicted molar refractivity (Wildman–Crippen MR) is 81.6 cm³/mol. The fourth-order valence-corrected chi connectivity index (χ4v) is 1.74. The molecule has 20 heavy (non-hydrogen) atoms. The number of nitrogens with two attached hydrogens (primary N) is 1. The molecular weight excluding hydrogens is 254 g/mol. The number of nitrogens with zero attached hydrogens (tertiary/aromatic N) is 3. The van der Waals surface area contributed by atoms with E-state index in [1.165, 1.54) is 0 Å². The van der Waals surface area contributed by atoms with Crippen molar-refractivity contribution in [1.29, 1.82) is 0 Å². The summed E-state index contributed by atoms with van der Waals surface area (Å²) in [6.07, 6.45) is 0.289. The van der Waals surface area contributed by atoms with Gasteiger partial charge in [0.15, 0.2) is 5.96 Å². The lowest BCUT2D eigenvalue weighted by Crippen LogP contribution is -2.37. The van der Waals surface area contributed by atoms with Gasteiger partial charge < -0.3 is 16.0 Å². The summed E-state index contributed by atoms with van der Waals surface area (Å²) in [5.41, 5.74) is 6.70. The Morgan fingerprint density at radius 2 is 2.10 bits per heavy atom. The number of anilines is 1. The number of carbonyl (C=O) groups excluding carboxylic acids is 1. The zero-order valence-corrected chi connectivity index (χ0v) is 12.4. The molecule has 1 aromatic rings. The molecule has 6 heteroatoms. The van der Waals surface area contributed by atoms with Crippen molar-refractivity contribution in [2.24, 2.45) is 10.7 Å². The van der Waals surface area contributed by atoms with Gasteiger partial charge >= 0.3 is 0 Å². The highest BCUT2D eigenvalue weighted by molar-refractivity contribution is 5.90. The third-order valence-corrected chi connectivity index (χ3v) is 2.86. The van der Waals surface area contributed by atoms with Crippen molar-refractivity contribution >= 4 is 17.7 Å². The van der Waals surface area contributed by atoms with Gasteiger partial charge in [0.2, 0.25) is 5.91 Å². The molecular formula is C14H23N5O. The molecule has 110 valence electrons. The van der Waals surface area contributed by atoms with Crippen LogP contribution in [0, 0.1) is 6.92 Å². The van der Waals surface area contributed by atoms with Gasteiger partial charge in [-0.3, -0.25) is 9.79 Å². The number of amides is 1. The monoisotopic (exact) mass is 277 g/mol. The number of hydrogen-bond acceptors (Lipinski definition) is 3. The number of aliphatic imine (C=N–C) groups is 1. The highest BCUT2D eigenvalue weighted by Crippen LogP contribution is 2.04. The minimum Gasteiger partial charge on any atom is -0.370 e. The van der Waals surface area contributed by atoms with Gasteiger partial charge in [0, 0.05) is 25.2 Å². The third-order valence-electron chi connectivity index (χ3n) is 2.86. The Morgan fingerprint density at radius 1 is 1.40 bits per heavy atom. The van der Waals surface area contributed by atoms with Crippen molar-refractivity contribution in [1.82, 2.24) is 9.88 Å². The summed E-state index contributed by atoms with van der Waals surface area (Å²) >= 11 is 0. The molecule has 0 aliphatic heterocycles. The molecule has 0 unspecified atom stereocenters. The van der Waals surface area contributed by atoms with E-state index >= 15 is 0 Å². The molecule has 0 bridgehead atoms. The number of pyridine rings is 1. The van der Waals surface area contributed by atoms with Crippen LogP contribution < -0.4 is 11.1 Å². The molecule has 0 aliphatic rings. The number of aromatic nitrogens is 1. The molecule has 0 aromatic carbocycles. The number of guanidine groups is 1. The van der Waals surface area contributed by atoms with E-state index in [4.69, 9.17) is 5.73 Å². The zero-order valence-electron chi connectivity index (χ0n) is 12.4. The first kappa shape index (κ1) is 15.9. The van der Waals surface area contributed by atoms with Gasteiger partial charge in [-0.15, -0.1) is 0 Å². The maximum absolute atomic E-state index is 11.7. The number of hydrogen-bond donors (Lipinski definition) is 2. The van der Waals surface area contributed by atoms with Crippen molar-refractivity contribution in [2.75, 3.05) is 25.0 Å². The lowest BCUT2D eigenvalue weighted by molar-refractivity contribution is -0.116. The number of nitrogens with one attached hydrogen (secondary N) is 1. The van der Waals surface area contributed by atoms with Crippen LogP contribution in [-0.4, -0.2) is 41.4 Å². The molecule has 1 heterocycles. The molecule has 0 atom stereocenters. The molecule has 0 fully saturated rings. The van der Waals surface area contributed by atoms with E-state index in [0.717, 1.165) is 18.8 Å². The van der Waals surface area contributed by atoms with Gasteiger partial charge in [-0.25, -0.2) is 4.98 Å². The van der Waals surface area contributed by atoms with E-state index in [2.05, 4.69) is 15.3 Å². The van der Waals surface area contributed by atoms with Crippen LogP contribution in [0.5, 0.6) is 0 Å². The lowest BCUT2D eigenvalue weighted by Gasteiger charge is -2.19. The number of aryl methyl sites for hydroxylation is 1. The Balaban J connectivity index is 2.42. The predicted octanol–water partition coefficient (Wildman–Crippen LogP) is 1.38. The Morgan fingerprint density at radius 3 is 2.70 bits per heavy atom. The van der Waals surface area contributed by atoms with E-state index in [0.29, 0.717) is 18.3 Å². The van der Waals surface area contributed by atoms with Gasteiger partial charge in [0.1, 0.15) is 5.82 Å². The number of rotatable bonds is 6. The second-order valence-corrected chi connectivity index (χ2v) is 4.37. The first-order chi connectivity index (χ1) is 9.56. The summed E-state index contributed by atoms with van der Waals surface area (Å²) in [7, 11) is 0. The summed E-state index contributed by atoms with van der Waals surface area (Å²) in [6.45, 7) is 7.91. The molecule has 1 amide bonds. The fourth-order valence-electron chi connectivity index (χ4n) is 1.74. The quantitative estimate of drug-likeness (QED) is 0.607. The minimum atomic E-state index is -0.112. The topological polar surface area (TPSA) is 83.6 Å². The van der Waals surface area contributed by atoms with Crippen LogP contribution >= 0.6 is 0 Å². The minimum absolute atomic E-state index is 0.112. The Bertz CT molecular complexity index is 468. The first-order valence-electron chi connectivity index (χ1n) is 6.85. The van der Waals surface area contributed by atoms with Crippen LogP contribution in [0.1, 0.15) is 26.0 Å². The largest absolute Gasteiger partial charge is 0.370 e. The van der Waals surface area contributed by atoms with Crippen LogP contribution in [0.2, 0.25) is 0 Å². The lowest BCUT2D eigenvalue weighted by atomic mass is 10.3. The van der Waals surface area contributed by atoms with E-state index in [9.17, 15) is 4.79 Å². The van der Waals surface area contributed by atoms with Crippen molar-refractivity contribution in [2.45, 2.75) is 27.2 Å². The first-order valence-corrected chi connectivity index (χ1v) is 6.85. The third kappa shape index (κ3) is 5.26. The maximum Gasteiger partial charge on any atom is 0.227 e. The standard InChI is InChI=1S/C14H23N5O/c1-4-19(5-2)14(15)16-10-9-13(20)18-12-8-6-7-11(3)17-12/h6-8H,4-5,9-10H2,1-3H3,(H2,15,16)(H,17,18,20). The van der Waals surface area contributed by atoms with E-state index in [1.54, 1.807) is 6.07 Å². The summed E-state index contributed by atoms with van der Waals surface area (Å²) < 4.78 is 0. The smallest absolute Gasteiger partial charge is 0.227 e. The van der Waals surface area contributed by atoms with Gasteiger partial charge in [0.25, 0.3) is 0 Å². The molecule has 3 N–H and O–H groups in total. The number of carbonyl (C=O) groups is 1. The van der Waals surface area contributed by atoms with Crippen LogP contribution in [0.25, 0.3) is 0 Å². The summed E-state index contributed by atoms with van der Waals surface area (Å²) in [5, 5.41) is 2.74. The van der Waals surface area contributed by atoms with Gasteiger partial charge in [-0.2, -0.15) is 0 Å². The molecule has 1 aromatic heterocycles. The van der Waals surface area contributed by atoms with Crippen LogP contribution in [0.3, 0.4) is 0 Å². The van der Waals surface area contributed by atoms with E-state index in [1.807, 2.05) is 37.8 Å². The SMILES string of the molecule is CCN(CC)C(N)=NCCC(=O)Nc1cccc(C)n1. The molecule has 0 radical (unpaired) electrons. The summed E-state index contributed by atoms with van der Waals surface area (Å²) in [5.74, 6) is 0.936. The second-order valence-electron chi connectivity index (χ2n) is 4.37. The summed E-state index contributed by atoms with van der Waals surface area (Å²) in [6, 6.07) is 5.50. The van der Waals surface area contributed by atoms with Crippen molar-refractivity contribution in [3.05, 3.63) is 23.9 Å². The Kier molecular flexibility index (Phi) is 6.49. The van der Waals surface area contributed by atoms with Crippen molar-refractivity contribution in [3.63, 3.8) is 0 Å². The van der Waals surface area contributed by atoms with Gasteiger partial charge in [-0.1, -0.05) is 6.07 Å². The molecule has 0 saturated carbocycles.